The lowest BCUT2D eigenvalue weighted by molar-refractivity contribution is 0.0622. The summed E-state index contributed by atoms with van der Waals surface area (Å²) in [6, 6.07) is 0. The highest BCUT2D eigenvalue weighted by atomic mass is 32.1. The molecular weight excluding hydrogens is 294 g/mol. The Labute approximate surface area is 125 Å². The summed E-state index contributed by atoms with van der Waals surface area (Å²) in [7, 11) is 0. The Morgan fingerprint density at radius 2 is 2.15 bits per heavy atom. The van der Waals surface area contributed by atoms with Crippen LogP contribution < -0.4 is 0 Å². The summed E-state index contributed by atoms with van der Waals surface area (Å²) in [6.45, 7) is 6.11. The number of amides is 1. The molecule has 20 heavy (non-hydrogen) atoms. The van der Waals surface area contributed by atoms with Crippen LogP contribution in [0, 0.1) is 6.92 Å². The Morgan fingerprint density at radius 1 is 1.35 bits per heavy atom. The van der Waals surface area contributed by atoms with Crippen LogP contribution in [0.5, 0.6) is 0 Å². The minimum atomic E-state index is -0.0112. The molecule has 0 atom stereocenters. The fraction of sp³-hybridized carbons (Fsp3) is 0.500. The van der Waals surface area contributed by atoms with Gasteiger partial charge in [0.2, 0.25) is 0 Å². The van der Waals surface area contributed by atoms with E-state index in [1.807, 2.05) is 11.8 Å². The van der Waals surface area contributed by atoms with Crippen LogP contribution in [0.25, 0.3) is 0 Å². The van der Waals surface area contributed by atoms with Gasteiger partial charge in [0, 0.05) is 38.1 Å². The van der Waals surface area contributed by atoms with E-state index >= 15 is 0 Å². The fourth-order valence-electron chi connectivity index (χ4n) is 2.24. The lowest BCUT2D eigenvalue weighted by Crippen LogP contribution is -2.48. The van der Waals surface area contributed by atoms with Crippen molar-refractivity contribution in [3.63, 3.8) is 0 Å². The summed E-state index contributed by atoms with van der Waals surface area (Å²) in [4.78, 5) is 20.8. The minimum absolute atomic E-state index is 0.0112. The predicted octanol–water partition coefficient (Wildman–Crippen LogP) is 1.26. The van der Waals surface area contributed by atoms with Crippen LogP contribution in [0.3, 0.4) is 0 Å². The molecule has 0 N–H and O–H groups in total. The van der Waals surface area contributed by atoms with Crippen molar-refractivity contribution in [2.75, 3.05) is 26.2 Å². The third kappa shape index (κ3) is 3.02. The van der Waals surface area contributed by atoms with Crippen molar-refractivity contribution >= 4 is 29.0 Å². The van der Waals surface area contributed by atoms with Gasteiger partial charge in [-0.05, 0) is 6.92 Å². The van der Waals surface area contributed by atoms with Crippen LogP contribution in [-0.4, -0.2) is 55.6 Å². The van der Waals surface area contributed by atoms with Gasteiger partial charge in [-0.3, -0.25) is 9.69 Å². The van der Waals surface area contributed by atoms with E-state index in [1.54, 1.807) is 11.3 Å². The van der Waals surface area contributed by atoms with Crippen molar-refractivity contribution < 1.29 is 4.79 Å². The van der Waals surface area contributed by atoms with E-state index in [4.69, 9.17) is 0 Å². The average molecular weight is 309 g/mol. The molecule has 3 heterocycles. The predicted molar refractivity (Wildman–Crippen MR) is 77.9 cm³/mol. The standard InChI is InChI=1S/C12H15N5OS2/c1-9-14-10(8-19-9)7-16-2-4-17(5-3-16)12(18)11-6-13-20-15-11/h6,8H,2-5,7H2,1H3. The second-order valence-electron chi connectivity index (χ2n) is 4.72. The zero-order chi connectivity index (χ0) is 13.9. The number of piperazine rings is 1. The van der Waals surface area contributed by atoms with E-state index in [-0.39, 0.29) is 5.91 Å². The van der Waals surface area contributed by atoms with Crippen molar-refractivity contribution in [2.45, 2.75) is 13.5 Å². The molecule has 1 amide bonds. The number of nitrogens with zero attached hydrogens (tertiary/aromatic N) is 5. The molecule has 0 saturated carbocycles. The second-order valence-corrected chi connectivity index (χ2v) is 6.34. The number of hydrogen-bond acceptors (Lipinski definition) is 7. The fourth-order valence-corrected chi connectivity index (χ4v) is 3.25. The molecule has 0 aliphatic carbocycles. The quantitative estimate of drug-likeness (QED) is 0.854. The second kappa shape index (κ2) is 5.94. The molecule has 0 bridgehead atoms. The Bertz CT molecular complexity index is 574. The molecule has 0 unspecified atom stereocenters. The lowest BCUT2D eigenvalue weighted by Gasteiger charge is -2.33. The van der Waals surface area contributed by atoms with E-state index in [1.165, 1.54) is 6.20 Å². The summed E-state index contributed by atoms with van der Waals surface area (Å²) >= 11 is 2.75. The highest BCUT2D eigenvalue weighted by Crippen LogP contribution is 2.13. The summed E-state index contributed by atoms with van der Waals surface area (Å²) in [6.07, 6.45) is 1.54. The van der Waals surface area contributed by atoms with Crippen LogP contribution in [0.4, 0.5) is 0 Å². The maximum absolute atomic E-state index is 12.1. The molecule has 0 radical (unpaired) electrons. The van der Waals surface area contributed by atoms with Gasteiger partial charge in [0.05, 0.1) is 28.6 Å². The van der Waals surface area contributed by atoms with E-state index in [9.17, 15) is 4.79 Å². The van der Waals surface area contributed by atoms with Gasteiger partial charge in [-0.2, -0.15) is 8.75 Å². The molecule has 1 fully saturated rings. The molecule has 6 nitrogen and oxygen atoms in total. The van der Waals surface area contributed by atoms with Gasteiger partial charge in [-0.15, -0.1) is 11.3 Å². The van der Waals surface area contributed by atoms with Gasteiger partial charge in [0.1, 0.15) is 0 Å². The van der Waals surface area contributed by atoms with Gasteiger partial charge >= 0.3 is 0 Å². The first-order chi connectivity index (χ1) is 9.72. The molecule has 0 spiro atoms. The van der Waals surface area contributed by atoms with Gasteiger partial charge in [-0.25, -0.2) is 4.98 Å². The zero-order valence-corrected chi connectivity index (χ0v) is 12.8. The molecule has 3 rings (SSSR count). The number of hydrogen-bond donors (Lipinski definition) is 0. The molecule has 1 aliphatic heterocycles. The summed E-state index contributed by atoms with van der Waals surface area (Å²) in [5, 5.41) is 3.21. The van der Waals surface area contributed by atoms with Crippen LogP contribution in [-0.2, 0) is 6.54 Å². The average Bonchev–Trinajstić information content (AvgIpc) is 3.11. The SMILES string of the molecule is Cc1nc(CN2CCN(C(=O)c3cnsn3)CC2)cs1. The topological polar surface area (TPSA) is 62.2 Å². The van der Waals surface area contributed by atoms with Crippen molar-refractivity contribution in [1.82, 2.24) is 23.5 Å². The number of rotatable bonds is 3. The highest BCUT2D eigenvalue weighted by molar-refractivity contribution is 7.09. The van der Waals surface area contributed by atoms with Crippen molar-refractivity contribution in [3.05, 3.63) is 28.0 Å². The maximum Gasteiger partial charge on any atom is 0.275 e. The number of aryl methyl sites for hydroxylation is 1. The van der Waals surface area contributed by atoms with Crippen LogP contribution in [0.2, 0.25) is 0 Å². The zero-order valence-electron chi connectivity index (χ0n) is 11.2. The van der Waals surface area contributed by atoms with Gasteiger partial charge in [-0.1, -0.05) is 0 Å². The molecular formula is C12H15N5OS2. The minimum Gasteiger partial charge on any atom is -0.335 e. The third-order valence-corrected chi connectivity index (χ3v) is 4.59. The molecule has 2 aromatic rings. The Hall–Kier alpha value is -1.38. The third-order valence-electron chi connectivity index (χ3n) is 3.29. The van der Waals surface area contributed by atoms with Gasteiger partial charge < -0.3 is 4.90 Å². The normalized spacial score (nSPS) is 16.6. The Kier molecular flexibility index (Phi) is 4.04. The summed E-state index contributed by atoms with van der Waals surface area (Å²) in [5.41, 5.74) is 1.58. The molecule has 2 aromatic heterocycles. The summed E-state index contributed by atoms with van der Waals surface area (Å²) < 4.78 is 7.87. The molecule has 106 valence electrons. The first-order valence-electron chi connectivity index (χ1n) is 6.42. The maximum atomic E-state index is 12.1. The number of carbonyl (C=O) groups excluding carboxylic acids is 1. The molecule has 1 saturated heterocycles. The van der Waals surface area contributed by atoms with Gasteiger partial charge in [0.15, 0.2) is 5.69 Å². The van der Waals surface area contributed by atoms with Crippen molar-refractivity contribution in [3.8, 4) is 0 Å². The first-order valence-corrected chi connectivity index (χ1v) is 8.03. The summed E-state index contributed by atoms with van der Waals surface area (Å²) in [5.74, 6) is -0.0112. The first kappa shape index (κ1) is 13.6. The van der Waals surface area contributed by atoms with Crippen LogP contribution in [0.15, 0.2) is 11.6 Å². The number of thiazole rings is 1. The largest absolute Gasteiger partial charge is 0.335 e. The smallest absolute Gasteiger partial charge is 0.275 e. The monoisotopic (exact) mass is 309 g/mol. The van der Waals surface area contributed by atoms with E-state index < -0.39 is 0 Å². The van der Waals surface area contributed by atoms with E-state index in [2.05, 4.69) is 24.0 Å². The Balaban J connectivity index is 1.53. The molecule has 8 heteroatoms. The molecule has 0 aromatic carbocycles. The van der Waals surface area contributed by atoms with E-state index in [0.29, 0.717) is 5.69 Å². The van der Waals surface area contributed by atoms with Crippen molar-refractivity contribution in [1.29, 1.82) is 0 Å². The molecule has 1 aliphatic rings. The highest BCUT2D eigenvalue weighted by Gasteiger charge is 2.23. The number of aromatic nitrogens is 3. The van der Waals surface area contributed by atoms with E-state index in [0.717, 1.165) is 55.2 Å². The van der Waals surface area contributed by atoms with Crippen LogP contribution in [0.1, 0.15) is 21.2 Å². The van der Waals surface area contributed by atoms with Crippen LogP contribution >= 0.6 is 23.1 Å². The lowest BCUT2D eigenvalue weighted by atomic mass is 10.2. The van der Waals surface area contributed by atoms with Crippen molar-refractivity contribution in [2.24, 2.45) is 0 Å². The number of carbonyl (C=O) groups is 1. The van der Waals surface area contributed by atoms with Gasteiger partial charge in [0.25, 0.3) is 5.91 Å². The Morgan fingerprint density at radius 3 is 2.75 bits per heavy atom.